The Bertz CT molecular complexity index is 1320. The third-order valence-electron chi connectivity index (χ3n) is 7.77. The number of hydrogen-bond acceptors (Lipinski definition) is 5. The molecule has 1 saturated heterocycles. The van der Waals surface area contributed by atoms with Gasteiger partial charge in [-0.2, -0.15) is 0 Å². The molecule has 0 unspecified atom stereocenters. The van der Waals surface area contributed by atoms with Crippen LogP contribution in [-0.4, -0.2) is 71.8 Å². The molecular formula is C35H44N4O5. The number of amides is 4. The molecule has 0 radical (unpaired) electrons. The van der Waals surface area contributed by atoms with Crippen molar-refractivity contribution in [2.24, 2.45) is 5.92 Å². The van der Waals surface area contributed by atoms with E-state index in [1.54, 1.807) is 17.0 Å². The monoisotopic (exact) mass is 600 g/mol. The van der Waals surface area contributed by atoms with Gasteiger partial charge in [0.05, 0.1) is 12.1 Å². The second-order valence-electron chi connectivity index (χ2n) is 11.6. The summed E-state index contributed by atoms with van der Waals surface area (Å²) in [5.41, 5.74) is 1.96. The number of carbonyl (C=O) groups is 3. The van der Waals surface area contributed by atoms with Crippen molar-refractivity contribution in [2.45, 2.75) is 63.8 Å². The van der Waals surface area contributed by atoms with E-state index < -0.39 is 24.2 Å². The first-order chi connectivity index (χ1) is 21.3. The van der Waals surface area contributed by atoms with Crippen LogP contribution in [0.2, 0.25) is 0 Å². The molecule has 1 aliphatic heterocycles. The molecule has 9 heteroatoms. The van der Waals surface area contributed by atoms with Crippen LogP contribution in [0.4, 0.5) is 4.79 Å². The van der Waals surface area contributed by atoms with Crippen LogP contribution in [0.3, 0.4) is 0 Å². The zero-order chi connectivity index (χ0) is 31.3. The number of rotatable bonds is 15. The highest BCUT2D eigenvalue weighted by Gasteiger charge is 2.35. The van der Waals surface area contributed by atoms with E-state index in [1.165, 1.54) is 0 Å². The average Bonchev–Trinajstić information content (AvgIpc) is 3.02. The number of urea groups is 1. The maximum absolute atomic E-state index is 13.8. The first kappa shape index (κ1) is 32.5. The number of aliphatic hydroxyl groups excluding tert-OH is 1. The number of benzene rings is 3. The number of nitrogens with one attached hydrogen (secondary N) is 3. The van der Waals surface area contributed by atoms with Gasteiger partial charge in [0.1, 0.15) is 11.8 Å². The van der Waals surface area contributed by atoms with Gasteiger partial charge in [-0.1, -0.05) is 92.7 Å². The molecular weight excluding hydrogens is 556 g/mol. The number of ether oxygens (including phenoxy) is 1. The molecule has 44 heavy (non-hydrogen) atoms. The highest BCUT2D eigenvalue weighted by Crippen LogP contribution is 2.18. The van der Waals surface area contributed by atoms with Crippen LogP contribution in [0, 0.1) is 5.92 Å². The van der Waals surface area contributed by atoms with Crippen molar-refractivity contribution in [2.75, 3.05) is 19.7 Å². The lowest BCUT2D eigenvalue weighted by Crippen LogP contribution is -2.59. The van der Waals surface area contributed by atoms with Crippen molar-refractivity contribution >= 4 is 17.8 Å². The number of carbonyl (C=O) groups excluding carboxylic acids is 3. The lowest BCUT2D eigenvalue weighted by Gasteiger charge is -2.37. The summed E-state index contributed by atoms with van der Waals surface area (Å²) in [5, 5.41) is 20.6. The van der Waals surface area contributed by atoms with E-state index in [-0.39, 0.29) is 36.8 Å². The molecule has 0 aromatic heterocycles. The molecule has 4 amide bonds. The zero-order valence-electron chi connectivity index (χ0n) is 25.5. The molecule has 1 heterocycles. The maximum atomic E-state index is 13.8. The molecule has 3 aromatic carbocycles. The normalized spacial score (nSPS) is 15.9. The molecule has 4 rings (SSSR count). The Labute approximate surface area is 260 Å². The van der Waals surface area contributed by atoms with Crippen LogP contribution in [0.15, 0.2) is 91.0 Å². The minimum Gasteiger partial charge on any atom is -0.484 e. The largest absolute Gasteiger partial charge is 0.484 e. The summed E-state index contributed by atoms with van der Waals surface area (Å²) in [4.78, 5) is 41.0. The minimum atomic E-state index is -0.985. The van der Waals surface area contributed by atoms with Gasteiger partial charge in [-0.3, -0.25) is 9.59 Å². The molecule has 9 nitrogen and oxygen atoms in total. The maximum Gasteiger partial charge on any atom is 0.318 e. The zero-order valence-corrected chi connectivity index (χ0v) is 25.5. The first-order valence-corrected chi connectivity index (χ1v) is 15.4. The van der Waals surface area contributed by atoms with Crippen LogP contribution in [0.1, 0.15) is 37.8 Å². The predicted octanol–water partition coefficient (Wildman–Crippen LogP) is 3.71. The summed E-state index contributed by atoms with van der Waals surface area (Å²) < 4.78 is 5.64. The molecule has 0 spiro atoms. The van der Waals surface area contributed by atoms with E-state index in [1.807, 2.05) is 92.7 Å². The van der Waals surface area contributed by atoms with E-state index in [0.29, 0.717) is 31.7 Å². The van der Waals surface area contributed by atoms with Gasteiger partial charge in [0.2, 0.25) is 5.91 Å². The van der Waals surface area contributed by atoms with Crippen LogP contribution in [0.25, 0.3) is 0 Å². The molecule has 0 bridgehead atoms. The van der Waals surface area contributed by atoms with Gasteiger partial charge in [0.15, 0.2) is 6.61 Å². The third-order valence-corrected chi connectivity index (χ3v) is 7.77. The second-order valence-corrected chi connectivity index (χ2v) is 11.6. The summed E-state index contributed by atoms with van der Waals surface area (Å²) in [6.45, 7) is 4.76. The Kier molecular flexibility index (Phi) is 12.2. The topological polar surface area (TPSA) is 120 Å². The van der Waals surface area contributed by atoms with Gasteiger partial charge in [-0.25, -0.2) is 4.79 Å². The Hall–Kier alpha value is -4.37. The second kappa shape index (κ2) is 16.5. The molecule has 234 valence electrons. The summed E-state index contributed by atoms with van der Waals surface area (Å²) in [6.07, 6.45) is 0.844. The van der Waals surface area contributed by atoms with Crippen LogP contribution in [0.5, 0.6) is 5.75 Å². The molecule has 0 saturated carbocycles. The fourth-order valence-electron chi connectivity index (χ4n) is 5.62. The first-order valence-electron chi connectivity index (χ1n) is 15.4. The lowest BCUT2D eigenvalue weighted by molar-refractivity contribution is -0.128. The molecule has 0 aliphatic carbocycles. The molecule has 4 N–H and O–H groups in total. The predicted molar refractivity (Wildman–Crippen MR) is 170 cm³/mol. The van der Waals surface area contributed by atoms with Gasteiger partial charge in [-0.15, -0.1) is 0 Å². The fraction of sp³-hybridized carbons (Fsp3) is 0.400. The van der Waals surface area contributed by atoms with Gasteiger partial charge in [-0.05, 0) is 54.9 Å². The third kappa shape index (κ3) is 9.84. The van der Waals surface area contributed by atoms with Gasteiger partial charge in [0, 0.05) is 19.1 Å². The van der Waals surface area contributed by atoms with E-state index in [2.05, 4.69) is 16.0 Å². The van der Waals surface area contributed by atoms with Crippen LogP contribution >= 0.6 is 0 Å². The van der Waals surface area contributed by atoms with Gasteiger partial charge in [0.25, 0.3) is 5.91 Å². The highest BCUT2D eigenvalue weighted by atomic mass is 16.5. The van der Waals surface area contributed by atoms with Crippen molar-refractivity contribution in [3.8, 4) is 5.75 Å². The summed E-state index contributed by atoms with van der Waals surface area (Å²) in [7, 11) is 0. The van der Waals surface area contributed by atoms with E-state index in [4.69, 9.17) is 4.74 Å². The fourth-order valence-corrected chi connectivity index (χ4v) is 5.62. The number of para-hydroxylation sites is 1. The Morgan fingerprint density at radius 1 is 0.886 bits per heavy atom. The Morgan fingerprint density at radius 3 is 2.07 bits per heavy atom. The molecule has 3 aromatic rings. The van der Waals surface area contributed by atoms with Crippen LogP contribution in [-0.2, 0) is 22.4 Å². The summed E-state index contributed by atoms with van der Waals surface area (Å²) >= 11 is 0. The van der Waals surface area contributed by atoms with E-state index >= 15 is 0 Å². The SMILES string of the molecule is CC(C)[C@H](C(=O)N[C@H](Cc1ccccc1)C[C@@H](O)[C@@H](Cc1ccccc1)NC(=O)COc1ccccc1)N1CCCNC1=O. The van der Waals surface area contributed by atoms with Crippen molar-refractivity contribution in [1.29, 1.82) is 0 Å². The summed E-state index contributed by atoms with van der Waals surface area (Å²) in [6, 6.07) is 26.5. The number of nitrogens with zero attached hydrogens (tertiary/aromatic N) is 1. The van der Waals surface area contributed by atoms with E-state index in [9.17, 15) is 19.5 Å². The van der Waals surface area contributed by atoms with Crippen molar-refractivity contribution in [3.63, 3.8) is 0 Å². The average molecular weight is 601 g/mol. The minimum absolute atomic E-state index is 0.115. The standard InChI is InChI=1S/C35H44N4O5/c1-25(2)33(39-20-12-19-36-35(39)43)34(42)37-28(21-26-13-6-3-7-14-26)23-31(40)30(22-27-15-8-4-9-16-27)38-32(41)24-44-29-17-10-5-11-18-29/h3-11,13-18,25,28,30-31,33,40H,12,19-24H2,1-2H3,(H,36,43)(H,37,42)(H,38,41)/t28-,30-,31-,33-/m1/s1. The van der Waals surface area contributed by atoms with Gasteiger partial charge >= 0.3 is 6.03 Å². The number of hydrogen-bond donors (Lipinski definition) is 4. The molecule has 1 fully saturated rings. The lowest BCUT2D eigenvalue weighted by atomic mass is 9.92. The van der Waals surface area contributed by atoms with Crippen molar-refractivity contribution in [1.82, 2.24) is 20.9 Å². The highest BCUT2D eigenvalue weighted by molar-refractivity contribution is 5.87. The Morgan fingerprint density at radius 2 is 1.48 bits per heavy atom. The van der Waals surface area contributed by atoms with Crippen molar-refractivity contribution < 1.29 is 24.2 Å². The number of aliphatic hydroxyl groups is 1. The van der Waals surface area contributed by atoms with Gasteiger partial charge < -0.3 is 30.7 Å². The van der Waals surface area contributed by atoms with Crippen molar-refractivity contribution in [3.05, 3.63) is 102 Å². The molecule has 1 aliphatic rings. The smallest absolute Gasteiger partial charge is 0.318 e. The summed E-state index contributed by atoms with van der Waals surface area (Å²) in [5.74, 6) is -0.148. The molecule has 4 atom stereocenters. The quantitative estimate of drug-likeness (QED) is 0.212. The van der Waals surface area contributed by atoms with Crippen LogP contribution < -0.4 is 20.7 Å². The van der Waals surface area contributed by atoms with E-state index in [0.717, 1.165) is 17.5 Å². The Balaban J connectivity index is 1.51.